The van der Waals surface area contributed by atoms with Crippen molar-refractivity contribution >= 4 is 5.91 Å². The van der Waals surface area contributed by atoms with Crippen molar-refractivity contribution in [1.29, 1.82) is 0 Å². The summed E-state index contributed by atoms with van der Waals surface area (Å²) in [6.45, 7) is 6.22. The number of hydrogen-bond acceptors (Lipinski definition) is 2. The molecule has 0 heterocycles. The Kier molecular flexibility index (Phi) is 5.60. The number of hydrogen-bond donors (Lipinski definition) is 2. The zero-order chi connectivity index (χ0) is 13.6. The van der Waals surface area contributed by atoms with Gasteiger partial charge in [-0.15, -0.1) is 0 Å². The zero-order valence-electron chi connectivity index (χ0n) is 11.7. The number of aliphatic hydroxyl groups is 1. The number of aliphatic hydroxyl groups excluding tert-OH is 1. The van der Waals surface area contributed by atoms with Gasteiger partial charge in [0.2, 0.25) is 5.91 Å². The molecule has 0 aromatic rings. The standard InChI is InChI=1S/C15H25NO2/c1-4-12(5-2)8-9-14(18)16-13-7-6-10-15(13,3)11-17/h4,8-9,13,17H,5-7,10-11H2,1-3H3,(H,16,18). The molecule has 1 saturated carbocycles. The average molecular weight is 251 g/mol. The molecular weight excluding hydrogens is 226 g/mol. The second kappa shape index (κ2) is 6.74. The maximum atomic E-state index is 11.8. The van der Waals surface area contributed by atoms with E-state index in [-0.39, 0.29) is 24.0 Å². The number of carbonyl (C=O) groups excluding carboxylic acids is 1. The molecule has 0 aromatic carbocycles. The van der Waals surface area contributed by atoms with E-state index in [1.807, 2.05) is 26.0 Å². The third-order valence-electron chi connectivity index (χ3n) is 3.99. The molecule has 0 aromatic heterocycles. The Labute approximate surface area is 110 Å². The van der Waals surface area contributed by atoms with Gasteiger partial charge in [0.25, 0.3) is 0 Å². The first kappa shape index (κ1) is 15.0. The largest absolute Gasteiger partial charge is 0.396 e. The first-order chi connectivity index (χ1) is 8.55. The van der Waals surface area contributed by atoms with Gasteiger partial charge in [0, 0.05) is 17.5 Å². The molecule has 2 N–H and O–H groups in total. The number of amides is 1. The lowest BCUT2D eigenvalue weighted by Crippen LogP contribution is -2.44. The van der Waals surface area contributed by atoms with Crippen molar-refractivity contribution in [2.75, 3.05) is 6.61 Å². The van der Waals surface area contributed by atoms with Crippen molar-refractivity contribution in [2.24, 2.45) is 5.41 Å². The summed E-state index contributed by atoms with van der Waals surface area (Å²) in [5.41, 5.74) is 0.999. The molecule has 3 nitrogen and oxygen atoms in total. The lowest BCUT2D eigenvalue weighted by atomic mass is 9.86. The maximum Gasteiger partial charge on any atom is 0.244 e. The van der Waals surface area contributed by atoms with Crippen molar-refractivity contribution in [1.82, 2.24) is 5.32 Å². The number of rotatable bonds is 5. The molecule has 1 fully saturated rings. The van der Waals surface area contributed by atoms with Crippen molar-refractivity contribution in [3.05, 3.63) is 23.8 Å². The Hall–Kier alpha value is -1.09. The molecule has 1 amide bonds. The zero-order valence-corrected chi connectivity index (χ0v) is 11.7. The van der Waals surface area contributed by atoms with Gasteiger partial charge in [0.15, 0.2) is 0 Å². The molecule has 0 saturated heterocycles. The van der Waals surface area contributed by atoms with Crippen LogP contribution in [0.2, 0.25) is 0 Å². The summed E-state index contributed by atoms with van der Waals surface area (Å²) < 4.78 is 0. The highest BCUT2D eigenvalue weighted by Gasteiger charge is 2.38. The molecule has 102 valence electrons. The fraction of sp³-hybridized carbons (Fsp3) is 0.667. The van der Waals surface area contributed by atoms with Gasteiger partial charge in [0.05, 0.1) is 6.61 Å². The molecule has 2 atom stereocenters. The van der Waals surface area contributed by atoms with Crippen LogP contribution in [0.4, 0.5) is 0 Å². The lowest BCUT2D eigenvalue weighted by Gasteiger charge is -2.29. The normalized spacial score (nSPS) is 28.9. The first-order valence-electron chi connectivity index (χ1n) is 6.80. The minimum Gasteiger partial charge on any atom is -0.396 e. The van der Waals surface area contributed by atoms with Crippen LogP contribution in [0.25, 0.3) is 0 Å². The summed E-state index contributed by atoms with van der Waals surface area (Å²) in [4.78, 5) is 11.8. The van der Waals surface area contributed by atoms with Crippen molar-refractivity contribution in [3.63, 3.8) is 0 Å². The van der Waals surface area contributed by atoms with Crippen LogP contribution in [-0.4, -0.2) is 23.7 Å². The highest BCUT2D eigenvalue weighted by atomic mass is 16.3. The highest BCUT2D eigenvalue weighted by Crippen LogP contribution is 2.37. The average Bonchev–Trinajstić information content (AvgIpc) is 2.73. The van der Waals surface area contributed by atoms with Crippen LogP contribution >= 0.6 is 0 Å². The van der Waals surface area contributed by atoms with Gasteiger partial charge >= 0.3 is 0 Å². The Morgan fingerprint density at radius 3 is 2.78 bits per heavy atom. The summed E-state index contributed by atoms with van der Waals surface area (Å²) in [5.74, 6) is -0.0608. The molecule has 0 bridgehead atoms. The van der Waals surface area contributed by atoms with Crippen molar-refractivity contribution in [2.45, 2.75) is 52.5 Å². The Bertz CT molecular complexity index is 346. The quantitative estimate of drug-likeness (QED) is 0.583. The molecular formula is C15H25NO2. The van der Waals surface area contributed by atoms with E-state index in [1.54, 1.807) is 6.08 Å². The van der Waals surface area contributed by atoms with E-state index in [0.717, 1.165) is 31.3 Å². The van der Waals surface area contributed by atoms with Gasteiger partial charge in [0.1, 0.15) is 0 Å². The van der Waals surface area contributed by atoms with Gasteiger partial charge in [-0.3, -0.25) is 4.79 Å². The van der Waals surface area contributed by atoms with Crippen LogP contribution in [0.1, 0.15) is 46.5 Å². The van der Waals surface area contributed by atoms with Gasteiger partial charge in [-0.1, -0.05) is 38.0 Å². The number of carbonyl (C=O) groups is 1. The molecule has 0 radical (unpaired) electrons. The van der Waals surface area contributed by atoms with Crippen molar-refractivity contribution < 1.29 is 9.90 Å². The van der Waals surface area contributed by atoms with E-state index in [9.17, 15) is 9.90 Å². The Balaban J connectivity index is 2.55. The van der Waals surface area contributed by atoms with E-state index in [1.165, 1.54) is 0 Å². The van der Waals surface area contributed by atoms with Crippen molar-refractivity contribution in [3.8, 4) is 0 Å². The lowest BCUT2D eigenvalue weighted by molar-refractivity contribution is -0.118. The Morgan fingerprint density at radius 2 is 2.22 bits per heavy atom. The molecule has 18 heavy (non-hydrogen) atoms. The van der Waals surface area contributed by atoms with E-state index < -0.39 is 0 Å². The minimum atomic E-state index is -0.155. The third-order valence-corrected chi connectivity index (χ3v) is 3.99. The van der Waals surface area contributed by atoms with Gasteiger partial charge in [-0.2, -0.15) is 0 Å². The monoisotopic (exact) mass is 251 g/mol. The van der Waals surface area contributed by atoms with Crippen LogP contribution in [0, 0.1) is 5.41 Å². The predicted octanol–water partition coefficient (Wildman–Crippen LogP) is 2.57. The molecule has 3 heteroatoms. The molecule has 1 rings (SSSR count). The fourth-order valence-corrected chi connectivity index (χ4v) is 2.49. The topological polar surface area (TPSA) is 49.3 Å². The molecule has 2 unspecified atom stereocenters. The first-order valence-corrected chi connectivity index (χ1v) is 6.80. The molecule has 0 aliphatic heterocycles. The number of nitrogens with one attached hydrogen (secondary N) is 1. The van der Waals surface area contributed by atoms with E-state index in [2.05, 4.69) is 12.2 Å². The SMILES string of the molecule is CC=C(C=CC(=O)NC1CCCC1(C)CO)CC. The third kappa shape index (κ3) is 3.70. The van der Waals surface area contributed by atoms with Gasteiger partial charge in [-0.25, -0.2) is 0 Å². The molecule has 1 aliphatic carbocycles. The second-order valence-electron chi connectivity index (χ2n) is 5.32. The summed E-state index contributed by atoms with van der Waals surface area (Å²) in [6.07, 6.45) is 9.40. The second-order valence-corrected chi connectivity index (χ2v) is 5.32. The summed E-state index contributed by atoms with van der Waals surface area (Å²) in [5, 5.41) is 12.4. The Morgan fingerprint density at radius 1 is 1.50 bits per heavy atom. The van der Waals surface area contributed by atoms with Crippen LogP contribution in [-0.2, 0) is 4.79 Å². The fourth-order valence-electron chi connectivity index (χ4n) is 2.49. The summed E-state index contributed by atoms with van der Waals surface area (Å²) in [7, 11) is 0. The molecule has 1 aliphatic rings. The van der Waals surface area contributed by atoms with Gasteiger partial charge < -0.3 is 10.4 Å². The number of allylic oxidation sites excluding steroid dienone is 3. The van der Waals surface area contributed by atoms with Crippen LogP contribution < -0.4 is 5.32 Å². The highest BCUT2D eigenvalue weighted by molar-refractivity contribution is 5.88. The molecule has 0 spiro atoms. The summed E-state index contributed by atoms with van der Waals surface area (Å²) in [6, 6.07) is 0.0929. The van der Waals surface area contributed by atoms with E-state index in [0.29, 0.717) is 0 Å². The van der Waals surface area contributed by atoms with E-state index in [4.69, 9.17) is 0 Å². The minimum absolute atomic E-state index is 0.0608. The van der Waals surface area contributed by atoms with E-state index >= 15 is 0 Å². The van der Waals surface area contributed by atoms with Crippen LogP contribution in [0.5, 0.6) is 0 Å². The van der Waals surface area contributed by atoms with Crippen LogP contribution in [0.3, 0.4) is 0 Å². The summed E-state index contributed by atoms with van der Waals surface area (Å²) >= 11 is 0. The smallest absolute Gasteiger partial charge is 0.244 e. The van der Waals surface area contributed by atoms with Gasteiger partial charge in [-0.05, 0) is 26.2 Å². The maximum absolute atomic E-state index is 11.8. The predicted molar refractivity (Wildman–Crippen MR) is 74.2 cm³/mol. The van der Waals surface area contributed by atoms with Crippen LogP contribution in [0.15, 0.2) is 23.8 Å².